The van der Waals surface area contributed by atoms with Gasteiger partial charge in [-0.05, 0) is 19.3 Å². The minimum Gasteiger partial charge on any atom is -0.395 e. The molecule has 1 atom stereocenters. The highest BCUT2D eigenvalue weighted by atomic mass is 19.4. The van der Waals surface area contributed by atoms with Gasteiger partial charge in [0.1, 0.15) is 6.04 Å². The smallest absolute Gasteiger partial charge is 0.395 e. The predicted octanol–water partition coefficient (Wildman–Crippen LogP) is 2.25. The van der Waals surface area contributed by atoms with Gasteiger partial charge in [0.25, 0.3) is 0 Å². The highest BCUT2D eigenvalue weighted by Crippen LogP contribution is 2.24. The summed E-state index contributed by atoms with van der Waals surface area (Å²) in [6.07, 6.45) is -0.513. The Morgan fingerprint density at radius 3 is 2.47 bits per heavy atom. The average molecular weight is 225 g/mol. The first-order chi connectivity index (χ1) is 7.02. The van der Waals surface area contributed by atoms with Crippen LogP contribution >= 0.6 is 0 Å². The van der Waals surface area contributed by atoms with Crippen molar-refractivity contribution in [1.82, 2.24) is 5.32 Å². The molecule has 2 N–H and O–H groups in total. The van der Waals surface area contributed by atoms with Crippen LogP contribution in [-0.4, -0.2) is 30.5 Å². The third-order valence-electron chi connectivity index (χ3n) is 2.05. The molecule has 0 aliphatic heterocycles. The molecule has 2 nitrogen and oxygen atoms in total. The molecule has 5 heteroatoms. The number of aliphatic hydroxyl groups is 1. The minimum atomic E-state index is -4.23. The zero-order valence-corrected chi connectivity index (χ0v) is 8.69. The van der Waals surface area contributed by atoms with Crippen LogP contribution in [0.3, 0.4) is 0 Å². The van der Waals surface area contributed by atoms with Crippen LogP contribution < -0.4 is 5.32 Å². The molecule has 0 amide bonds. The molecule has 0 aromatic heterocycles. The van der Waals surface area contributed by atoms with E-state index >= 15 is 0 Å². The van der Waals surface area contributed by atoms with Gasteiger partial charge in [-0.15, -0.1) is 6.58 Å². The summed E-state index contributed by atoms with van der Waals surface area (Å²) in [7, 11) is 0. The number of rotatable bonds is 8. The monoisotopic (exact) mass is 225 g/mol. The fourth-order valence-electron chi connectivity index (χ4n) is 1.26. The van der Waals surface area contributed by atoms with E-state index < -0.39 is 12.2 Å². The second-order valence-electron chi connectivity index (χ2n) is 3.35. The van der Waals surface area contributed by atoms with Crippen LogP contribution in [0.5, 0.6) is 0 Å². The van der Waals surface area contributed by atoms with Gasteiger partial charge in [-0.1, -0.05) is 12.5 Å². The third kappa shape index (κ3) is 7.39. The molecule has 90 valence electrons. The lowest BCUT2D eigenvalue weighted by Gasteiger charge is -2.21. The van der Waals surface area contributed by atoms with E-state index in [1.54, 1.807) is 6.08 Å². The van der Waals surface area contributed by atoms with Crippen molar-refractivity contribution in [1.29, 1.82) is 0 Å². The first-order valence-electron chi connectivity index (χ1n) is 5.04. The first-order valence-corrected chi connectivity index (χ1v) is 5.04. The standard InChI is InChI=1S/C10H18F3NO/c1-2-3-4-5-6-9(10(11,12)13)14-7-8-15/h2,9,14-15H,1,3-8H2. The molecule has 0 bridgehead atoms. The van der Waals surface area contributed by atoms with Crippen LogP contribution in [0, 0.1) is 0 Å². The topological polar surface area (TPSA) is 32.3 Å². The minimum absolute atomic E-state index is 0.0222. The lowest BCUT2D eigenvalue weighted by Crippen LogP contribution is -2.43. The first kappa shape index (κ1) is 14.5. The van der Waals surface area contributed by atoms with Gasteiger partial charge in [-0.25, -0.2) is 0 Å². The van der Waals surface area contributed by atoms with E-state index in [-0.39, 0.29) is 19.6 Å². The molecule has 0 saturated heterocycles. The molecule has 0 aromatic rings. The van der Waals surface area contributed by atoms with E-state index in [1.165, 1.54) is 0 Å². The molecule has 0 aromatic carbocycles. The van der Waals surface area contributed by atoms with Crippen LogP contribution in [0.1, 0.15) is 25.7 Å². The van der Waals surface area contributed by atoms with Crippen LogP contribution in [0.25, 0.3) is 0 Å². The quantitative estimate of drug-likeness (QED) is 0.490. The Kier molecular flexibility index (Phi) is 7.42. The highest BCUT2D eigenvalue weighted by Gasteiger charge is 2.38. The van der Waals surface area contributed by atoms with Gasteiger partial charge in [0.05, 0.1) is 6.61 Å². The Morgan fingerprint density at radius 2 is 2.00 bits per heavy atom. The van der Waals surface area contributed by atoms with Gasteiger partial charge in [-0.2, -0.15) is 13.2 Å². The number of alkyl halides is 3. The summed E-state index contributed by atoms with van der Waals surface area (Å²) in [5.41, 5.74) is 0. The predicted molar refractivity (Wildman–Crippen MR) is 53.6 cm³/mol. The van der Waals surface area contributed by atoms with Crippen LogP contribution in [0.2, 0.25) is 0 Å². The van der Waals surface area contributed by atoms with E-state index in [0.29, 0.717) is 6.42 Å². The molecule has 0 radical (unpaired) electrons. The van der Waals surface area contributed by atoms with Gasteiger partial charge in [0.15, 0.2) is 0 Å². The van der Waals surface area contributed by atoms with Crippen molar-refractivity contribution in [2.75, 3.05) is 13.2 Å². The summed E-state index contributed by atoms with van der Waals surface area (Å²) in [4.78, 5) is 0. The van der Waals surface area contributed by atoms with Crippen molar-refractivity contribution in [2.24, 2.45) is 0 Å². The van der Waals surface area contributed by atoms with Crippen molar-refractivity contribution < 1.29 is 18.3 Å². The average Bonchev–Trinajstić information content (AvgIpc) is 2.15. The number of unbranched alkanes of at least 4 members (excludes halogenated alkanes) is 2. The molecule has 0 spiro atoms. The van der Waals surface area contributed by atoms with Gasteiger partial charge >= 0.3 is 6.18 Å². The Hall–Kier alpha value is -0.550. The van der Waals surface area contributed by atoms with Gasteiger partial charge in [-0.3, -0.25) is 0 Å². The Morgan fingerprint density at radius 1 is 1.33 bits per heavy atom. The third-order valence-corrected chi connectivity index (χ3v) is 2.05. The lowest BCUT2D eigenvalue weighted by molar-refractivity contribution is -0.157. The molecule has 0 fully saturated rings. The number of nitrogens with one attached hydrogen (secondary N) is 1. The SMILES string of the molecule is C=CCCCCC(NCCO)C(F)(F)F. The molecule has 0 heterocycles. The van der Waals surface area contributed by atoms with Crippen molar-refractivity contribution in [3.63, 3.8) is 0 Å². The molecule has 1 unspecified atom stereocenters. The summed E-state index contributed by atoms with van der Waals surface area (Å²) in [6.45, 7) is 3.20. The van der Waals surface area contributed by atoms with E-state index in [1.807, 2.05) is 0 Å². The summed E-state index contributed by atoms with van der Waals surface area (Å²) < 4.78 is 37.2. The number of hydrogen-bond acceptors (Lipinski definition) is 2. The van der Waals surface area contributed by atoms with Crippen LogP contribution in [0.15, 0.2) is 12.7 Å². The molecule has 15 heavy (non-hydrogen) atoms. The highest BCUT2D eigenvalue weighted by molar-refractivity contribution is 4.75. The maximum absolute atomic E-state index is 12.4. The van der Waals surface area contributed by atoms with Crippen molar-refractivity contribution >= 4 is 0 Å². The Labute approximate surface area is 88.2 Å². The molecular weight excluding hydrogens is 207 g/mol. The zero-order valence-electron chi connectivity index (χ0n) is 8.69. The summed E-state index contributed by atoms with van der Waals surface area (Å²) in [5, 5.41) is 10.7. The van der Waals surface area contributed by atoms with Crippen molar-refractivity contribution in [2.45, 2.75) is 37.9 Å². The molecular formula is C10H18F3NO. The summed E-state index contributed by atoms with van der Waals surface area (Å²) in [6, 6.07) is -1.51. The largest absolute Gasteiger partial charge is 0.403 e. The molecule has 0 aliphatic rings. The molecule has 0 saturated carbocycles. The van der Waals surface area contributed by atoms with Crippen LogP contribution in [-0.2, 0) is 0 Å². The van der Waals surface area contributed by atoms with Crippen molar-refractivity contribution in [3.05, 3.63) is 12.7 Å². The van der Waals surface area contributed by atoms with Gasteiger partial charge in [0.2, 0.25) is 0 Å². The number of allylic oxidation sites excluding steroid dienone is 1. The Balaban J connectivity index is 3.85. The van der Waals surface area contributed by atoms with Gasteiger partial charge < -0.3 is 10.4 Å². The van der Waals surface area contributed by atoms with Gasteiger partial charge in [0, 0.05) is 6.54 Å². The summed E-state index contributed by atoms with van der Waals surface area (Å²) >= 11 is 0. The van der Waals surface area contributed by atoms with E-state index in [4.69, 9.17) is 5.11 Å². The maximum Gasteiger partial charge on any atom is 0.403 e. The van der Waals surface area contributed by atoms with Crippen LogP contribution in [0.4, 0.5) is 13.2 Å². The normalized spacial score (nSPS) is 13.9. The number of aliphatic hydroxyl groups excluding tert-OH is 1. The lowest BCUT2D eigenvalue weighted by atomic mass is 10.1. The number of hydrogen-bond donors (Lipinski definition) is 2. The fourth-order valence-corrected chi connectivity index (χ4v) is 1.26. The molecule has 0 rings (SSSR count). The van der Waals surface area contributed by atoms with E-state index in [2.05, 4.69) is 11.9 Å². The van der Waals surface area contributed by atoms with E-state index in [9.17, 15) is 13.2 Å². The summed E-state index contributed by atoms with van der Waals surface area (Å²) in [5.74, 6) is 0. The molecule has 0 aliphatic carbocycles. The van der Waals surface area contributed by atoms with Crippen molar-refractivity contribution in [3.8, 4) is 0 Å². The fraction of sp³-hybridized carbons (Fsp3) is 0.800. The van der Waals surface area contributed by atoms with E-state index in [0.717, 1.165) is 12.8 Å². The zero-order chi connectivity index (χ0) is 11.7. The number of halogens is 3. The second kappa shape index (κ2) is 7.70. The maximum atomic E-state index is 12.4. The second-order valence-corrected chi connectivity index (χ2v) is 3.35. The Bertz CT molecular complexity index is 171.